The molecule has 1 heterocycles. The van der Waals surface area contributed by atoms with Crippen molar-refractivity contribution < 1.29 is 14.0 Å². The van der Waals surface area contributed by atoms with Gasteiger partial charge in [0, 0.05) is 13.0 Å². The Bertz CT molecular complexity index is 507. The van der Waals surface area contributed by atoms with E-state index in [0.29, 0.717) is 5.69 Å². The molecule has 6 heteroatoms. The Morgan fingerprint density at radius 3 is 2.89 bits per heavy atom. The van der Waals surface area contributed by atoms with Crippen molar-refractivity contribution in [3.05, 3.63) is 29.0 Å². The zero-order valence-electron chi connectivity index (χ0n) is 9.74. The molecule has 2 rings (SSSR count). The summed E-state index contributed by atoms with van der Waals surface area (Å²) in [5.74, 6) is -0.974. The van der Waals surface area contributed by atoms with Crippen LogP contribution in [0.2, 0.25) is 5.02 Å². The number of hydrogen-bond acceptors (Lipinski definition) is 2. The Hall–Kier alpha value is -1.62. The lowest BCUT2D eigenvalue weighted by Gasteiger charge is -2.23. The maximum atomic E-state index is 13.2. The number of anilines is 1. The fraction of sp³-hybridized carbons (Fsp3) is 0.333. The topological polar surface area (TPSA) is 49.4 Å². The second kappa shape index (κ2) is 4.94. The monoisotopic (exact) mass is 270 g/mol. The Kier molecular flexibility index (Phi) is 3.52. The molecule has 2 amide bonds. The zero-order valence-corrected chi connectivity index (χ0v) is 10.5. The minimum Gasteiger partial charge on any atom is -0.345 e. The van der Waals surface area contributed by atoms with Crippen molar-refractivity contribution in [2.75, 3.05) is 11.4 Å². The van der Waals surface area contributed by atoms with Crippen LogP contribution in [0.25, 0.3) is 0 Å². The third-order valence-electron chi connectivity index (χ3n) is 2.78. The number of rotatable bonds is 1. The van der Waals surface area contributed by atoms with E-state index in [-0.39, 0.29) is 29.8 Å². The van der Waals surface area contributed by atoms with Gasteiger partial charge in [0.15, 0.2) is 0 Å². The van der Waals surface area contributed by atoms with Gasteiger partial charge in [-0.15, -0.1) is 0 Å². The molecular weight excluding hydrogens is 259 g/mol. The number of nitrogens with zero attached hydrogens (tertiary/aromatic N) is 1. The smallest absolute Gasteiger partial charge is 0.249 e. The number of carbonyl (C=O) groups is 2. The summed E-state index contributed by atoms with van der Waals surface area (Å²) < 4.78 is 13.2. The van der Waals surface area contributed by atoms with Gasteiger partial charge in [-0.3, -0.25) is 9.59 Å². The summed E-state index contributed by atoms with van der Waals surface area (Å²) in [4.78, 5) is 24.8. The van der Waals surface area contributed by atoms with Crippen LogP contribution in [-0.2, 0) is 9.59 Å². The third-order valence-corrected chi connectivity index (χ3v) is 3.10. The van der Waals surface area contributed by atoms with Gasteiger partial charge in [0.25, 0.3) is 0 Å². The Morgan fingerprint density at radius 1 is 1.44 bits per heavy atom. The van der Waals surface area contributed by atoms with Gasteiger partial charge in [0.05, 0.1) is 10.7 Å². The average molecular weight is 271 g/mol. The van der Waals surface area contributed by atoms with E-state index in [0.717, 1.165) is 0 Å². The van der Waals surface area contributed by atoms with Gasteiger partial charge < -0.3 is 10.2 Å². The molecule has 18 heavy (non-hydrogen) atoms. The van der Waals surface area contributed by atoms with Crippen molar-refractivity contribution >= 4 is 29.1 Å². The number of hydrogen-bond donors (Lipinski definition) is 1. The summed E-state index contributed by atoms with van der Waals surface area (Å²) in [6, 6.07) is 3.17. The normalized spacial score (nSPS) is 20.6. The first-order chi connectivity index (χ1) is 8.49. The van der Waals surface area contributed by atoms with Gasteiger partial charge in [0.1, 0.15) is 11.9 Å². The molecule has 1 atom stereocenters. The van der Waals surface area contributed by atoms with E-state index in [1.54, 1.807) is 6.92 Å². The summed E-state index contributed by atoms with van der Waals surface area (Å²) in [7, 11) is 0. The lowest BCUT2D eigenvalue weighted by atomic mass is 10.2. The summed E-state index contributed by atoms with van der Waals surface area (Å²) in [5, 5.41) is 2.84. The first-order valence-corrected chi connectivity index (χ1v) is 5.92. The highest BCUT2D eigenvalue weighted by Gasteiger charge is 2.28. The van der Waals surface area contributed by atoms with Crippen LogP contribution in [0, 0.1) is 5.82 Å². The molecule has 0 aromatic heterocycles. The van der Waals surface area contributed by atoms with E-state index in [2.05, 4.69) is 5.32 Å². The van der Waals surface area contributed by atoms with Crippen molar-refractivity contribution in [1.29, 1.82) is 0 Å². The number of nitrogens with one attached hydrogen (secondary N) is 1. The van der Waals surface area contributed by atoms with Gasteiger partial charge in [-0.25, -0.2) is 4.39 Å². The lowest BCUT2D eigenvalue weighted by molar-refractivity contribution is -0.125. The molecule has 0 radical (unpaired) electrons. The molecule has 1 aliphatic heterocycles. The molecule has 0 aliphatic carbocycles. The highest BCUT2D eigenvalue weighted by Crippen LogP contribution is 2.28. The molecule has 1 N–H and O–H groups in total. The van der Waals surface area contributed by atoms with Crippen LogP contribution in [0.5, 0.6) is 0 Å². The predicted molar refractivity (Wildman–Crippen MR) is 66.0 cm³/mol. The molecule has 0 bridgehead atoms. The third kappa shape index (κ3) is 2.46. The molecule has 96 valence electrons. The molecule has 1 aromatic rings. The largest absolute Gasteiger partial charge is 0.345 e. The Balaban J connectivity index is 2.38. The van der Waals surface area contributed by atoms with Crippen molar-refractivity contribution in [3.8, 4) is 0 Å². The molecule has 1 aliphatic rings. The number of halogens is 2. The molecule has 1 aromatic carbocycles. The fourth-order valence-electron chi connectivity index (χ4n) is 1.86. The van der Waals surface area contributed by atoms with Gasteiger partial charge in [-0.05, 0) is 25.1 Å². The number of amides is 2. The second-order valence-corrected chi connectivity index (χ2v) is 4.53. The van der Waals surface area contributed by atoms with E-state index in [4.69, 9.17) is 11.6 Å². The second-order valence-electron chi connectivity index (χ2n) is 4.12. The molecular formula is C12H12ClFN2O2. The quantitative estimate of drug-likeness (QED) is 0.845. The molecule has 1 unspecified atom stereocenters. The van der Waals surface area contributed by atoms with Gasteiger partial charge >= 0.3 is 0 Å². The van der Waals surface area contributed by atoms with Crippen LogP contribution in [0.15, 0.2) is 18.2 Å². The minimum absolute atomic E-state index is 0.170. The van der Waals surface area contributed by atoms with Crippen molar-refractivity contribution in [3.63, 3.8) is 0 Å². The van der Waals surface area contributed by atoms with Crippen LogP contribution in [0.1, 0.15) is 13.3 Å². The van der Waals surface area contributed by atoms with Gasteiger partial charge in [0.2, 0.25) is 11.8 Å². The van der Waals surface area contributed by atoms with E-state index in [1.165, 1.54) is 23.1 Å². The maximum absolute atomic E-state index is 13.2. The minimum atomic E-state index is -0.640. The molecule has 0 saturated carbocycles. The van der Waals surface area contributed by atoms with Crippen LogP contribution in [0.3, 0.4) is 0 Å². The lowest BCUT2D eigenvalue weighted by Crippen LogP contribution is -2.42. The van der Waals surface area contributed by atoms with Crippen LogP contribution < -0.4 is 10.2 Å². The molecule has 0 spiro atoms. The first-order valence-electron chi connectivity index (χ1n) is 5.55. The highest BCUT2D eigenvalue weighted by atomic mass is 35.5. The molecule has 1 saturated heterocycles. The molecule has 4 nitrogen and oxygen atoms in total. The summed E-state index contributed by atoms with van der Waals surface area (Å²) in [6.07, 6.45) is 0.170. The van der Waals surface area contributed by atoms with E-state index >= 15 is 0 Å². The summed E-state index contributed by atoms with van der Waals surface area (Å²) >= 11 is 5.97. The number of benzene rings is 1. The van der Waals surface area contributed by atoms with Crippen molar-refractivity contribution in [1.82, 2.24) is 5.32 Å². The van der Waals surface area contributed by atoms with Gasteiger partial charge in [-0.1, -0.05) is 11.6 Å². The van der Waals surface area contributed by atoms with Crippen molar-refractivity contribution in [2.45, 2.75) is 19.4 Å². The SMILES string of the molecule is CC1NC(=O)CCN(c2cc(F)ccc2Cl)C1=O. The fourth-order valence-corrected chi connectivity index (χ4v) is 2.08. The summed E-state index contributed by atoms with van der Waals surface area (Å²) in [5.41, 5.74) is 0.296. The maximum Gasteiger partial charge on any atom is 0.249 e. The van der Waals surface area contributed by atoms with Crippen LogP contribution >= 0.6 is 11.6 Å². The molecule has 1 fully saturated rings. The number of carbonyl (C=O) groups excluding carboxylic acids is 2. The Labute approximate surface area is 109 Å². The van der Waals surface area contributed by atoms with Gasteiger partial charge in [-0.2, -0.15) is 0 Å². The van der Waals surface area contributed by atoms with E-state index in [9.17, 15) is 14.0 Å². The van der Waals surface area contributed by atoms with Crippen LogP contribution in [-0.4, -0.2) is 24.4 Å². The van der Waals surface area contributed by atoms with Crippen LogP contribution in [0.4, 0.5) is 10.1 Å². The summed E-state index contributed by atoms with van der Waals surface area (Å²) in [6.45, 7) is 1.78. The predicted octanol–water partition coefficient (Wildman–Crippen LogP) is 1.72. The average Bonchev–Trinajstić information content (AvgIpc) is 2.44. The zero-order chi connectivity index (χ0) is 13.3. The van der Waals surface area contributed by atoms with E-state index in [1.807, 2.05) is 0 Å². The Morgan fingerprint density at radius 2 is 2.17 bits per heavy atom. The first kappa shape index (κ1) is 12.8. The standard InChI is InChI=1S/C12H12ClFN2O2/c1-7-12(18)16(5-4-11(17)15-7)10-6-8(14)2-3-9(10)13/h2-3,6-7H,4-5H2,1H3,(H,15,17). The van der Waals surface area contributed by atoms with Crippen molar-refractivity contribution in [2.24, 2.45) is 0 Å². The highest BCUT2D eigenvalue weighted by molar-refractivity contribution is 6.33. The van der Waals surface area contributed by atoms with E-state index < -0.39 is 11.9 Å².